The summed E-state index contributed by atoms with van der Waals surface area (Å²) >= 11 is 0. The lowest BCUT2D eigenvalue weighted by Crippen LogP contribution is -1.94. The van der Waals surface area contributed by atoms with E-state index in [0.29, 0.717) is 0 Å². The SMILES string of the molecule is C=C/C=C(/c1cc(-c2c3ccccc3c(-c3cccc4oc5ccccc5c34)c3ccccc23)c2c(c1)oc1ccccc12)c1oc2ccc(-c3c4ccccc4c(-c4ccc5oc6ccccc6c5c4)c4ccccc34)cc2c1C. The molecule has 0 radical (unpaired) electrons. The third-order valence-corrected chi connectivity index (χ3v) is 17.0. The molecule has 0 N–H and O–H groups in total. The second-order valence-electron chi connectivity index (χ2n) is 21.3. The van der Waals surface area contributed by atoms with Gasteiger partial charge < -0.3 is 17.7 Å². The molecular weight excluding hydrogens is 989 g/mol. The molecule has 0 spiro atoms. The van der Waals surface area contributed by atoms with E-state index >= 15 is 0 Å². The Hall–Kier alpha value is -10.7. The van der Waals surface area contributed by atoms with Crippen LogP contribution in [0.1, 0.15) is 16.9 Å². The van der Waals surface area contributed by atoms with E-state index in [1.54, 1.807) is 0 Å². The van der Waals surface area contributed by atoms with Gasteiger partial charge in [0.05, 0.1) is 0 Å². The van der Waals surface area contributed by atoms with Gasteiger partial charge in [0.15, 0.2) is 0 Å². The molecule has 0 unspecified atom stereocenters. The molecular formula is C77H46O4. The molecule has 0 aliphatic carbocycles. The lowest BCUT2D eigenvalue weighted by atomic mass is 9.83. The highest BCUT2D eigenvalue weighted by Crippen LogP contribution is 2.51. The van der Waals surface area contributed by atoms with Crippen molar-refractivity contribution in [1.82, 2.24) is 0 Å². The van der Waals surface area contributed by atoms with Crippen LogP contribution in [-0.2, 0) is 0 Å². The van der Waals surface area contributed by atoms with Crippen molar-refractivity contribution in [3.05, 3.63) is 272 Å². The minimum atomic E-state index is 0.779. The van der Waals surface area contributed by atoms with Crippen molar-refractivity contribution in [1.29, 1.82) is 0 Å². The van der Waals surface area contributed by atoms with Crippen LogP contribution in [-0.4, -0.2) is 0 Å². The molecule has 0 bridgehead atoms. The van der Waals surface area contributed by atoms with E-state index in [4.69, 9.17) is 17.7 Å². The molecule has 0 saturated carbocycles. The summed E-state index contributed by atoms with van der Waals surface area (Å²) in [5, 5.41) is 16.9. The second kappa shape index (κ2) is 17.4. The Labute approximate surface area is 464 Å². The Kier molecular flexibility index (Phi) is 9.75. The molecule has 4 heterocycles. The molecule has 4 nitrogen and oxygen atoms in total. The Bertz CT molecular complexity index is 5460. The monoisotopic (exact) mass is 1030 g/mol. The fourth-order valence-corrected chi connectivity index (χ4v) is 13.6. The zero-order valence-electron chi connectivity index (χ0n) is 44.0. The van der Waals surface area contributed by atoms with Gasteiger partial charge in [-0.15, -0.1) is 0 Å². The maximum atomic E-state index is 7.09. The van der Waals surface area contributed by atoms with Crippen LogP contribution >= 0.6 is 0 Å². The summed E-state index contributed by atoms with van der Waals surface area (Å²) in [6, 6.07) is 84.7. The Morgan fingerprint density at radius 1 is 0.309 bits per heavy atom. The van der Waals surface area contributed by atoms with Crippen molar-refractivity contribution in [2.45, 2.75) is 6.92 Å². The summed E-state index contributed by atoms with van der Waals surface area (Å²) in [5.41, 5.74) is 18.1. The van der Waals surface area contributed by atoms with Gasteiger partial charge in [-0.1, -0.05) is 195 Å². The largest absolute Gasteiger partial charge is 0.456 e. The normalized spacial score (nSPS) is 12.4. The molecule has 17 aromatic rings. The molecule has 0 saturated heterocycles. The van der Waals surface area contributed by atoms with Gasteiger partial charge in [0.1, 0.15) is 44.8 Å². The maximum Gasteiger partial charge on any atom is 0.138 e. The lowest BCUT2D eigenvalue weighted by molar-refractivity contribution is 0.597. The molecule has 0 aliphatic rings. The molecule has 0 atom stereocenters. The molecule has 81 heavy (non-hydrogen) atoms. The lowest BCUT2D eigenvalue weighted by Gasteiger charge is -2.19. The molecule has 378 valence electrons. The summed E-state index contributed by atoms with van der Waals surface area (Å²) in [6.07, 6.45) is 3.94. The molecule has 4 heteroatoms. The molecule has 13 aromatic carbocycles. The number of aryl methyl sites for hydroxylation is 1. The van der Waals surface area contributed by atoms with Crippen LogP contribution in [0.25, 0.3) is 170 Å². The zero-order chi connectivity index (χ0) is 53.4. The average molecular weight is 1040 g/mol. The first kappa shape index (κ1) is 45.3. The van der Waals surface area contributed by atoms with Crippen molar-refractivity contribution in [3.63, 3.8) is 0 Å². The van der Waals surface area contributed by atoms with E-state index in [1.807, 2.05) is 30.3 Å². The highest BCUT2D eigenvalue weighted by Gasteiger charge is 2.26. The van der Waals surface area contributed by atoms with Crippen molar-refractivity contribution in [2.24, 2.45) is 0 Å². The molecule has 17 rings (SSSR count). The topological polar surface area (TPSA) is 52.6 Å². The van der Waals surface area contributed by atoms with Gasteiger partial charge in [-0.3, -0.25) is 0 Å². The molecule has 4 aromatic heterocycles. The predicted molar refractivity (Wildman–Crippen MR) is 338 cm³/mol. The van der Waals surface area contributed by atoms with Gasteiger partial charge in [0.2, 0.25) is 0 Å². The summed E-state index contributed by atoms with van der Waals surface area (Å²) in [6.45, 7) is 6.46. The summed E-state index contributed by atoms with van der Waals surface area (Å²) in [5.74, 6) is 0.779. The second-order valence-corrected chi connectivity index (χ2v) is 21.3. The van der Waals surface area contributed by atoms with Crippen LogP contribution in [0.3, 0.4) is 0 Å². The minimum absolute atomic E-state index is 0.779. The Balaban J connectivity index is 0.863. The van der Waals surface area contributed by atoms with E-state index in [1.165, 1.54) is 38.2 Å². The van der Waals surface area contributed by atoms with E-state index in [2.05, 4.69) is 232 Å². The van der Waals surface area contributed by atoms with E-state index in [9.17, 15) is 0 Å². The molecule has 0 amide bonds. The van der Waals surface area contributed by atoms with Gasteiger partial charge in [-0.25, -0.2) is 0 Å². The summed E-state index contributed by atoms with van der Waals surface area (Å²) in [7, 11) is 0. The number of allylic oxidation sites excluding steroid dienone is 2. The van der Waals surface area contributed by atoms with Crippen LogP contribution in [0.5, 0.6) is 0 Å². The molecule has 0 aliphatic heterocycles. The van der Waals surface area contributed by atoms with Gasteiger partial charge in [0.25, 0.3) is 0 Å². The van der Waals surface area contributed by atoms with Crippen molar-refractivity contribution in [2.75, 3.05) is 0 Å². The van der Waals surface area contributed by atoms with Crippen LogP contribution in [0.15, 0.2) is 273 Å². The molecule has 0 fully saturated rings. The van der Waals surface area contributed by atoms with Crippen molar-refractivity contribution in [3.8, 4) is 44.5 Å². The summed E-state index contributed by atoms with van der Waals surface area (Å²) < 4.78 is 26.8. The third-order valence-electron chi connectivity index (χ3n) is 17.0. The number of hydrogen-bond donors (Lipinski definition) is 0. The zero-order valence-corrected chi connectivity index (χ0v) is 44.0. The standard InChI is InChI=1S/C77H46O4/c1-3-19-48(77-44(2)61-40-45(36-38-67(61)81-77)71-50-21-4-6-23-52(50)72(53-24-7-5-22-51(53)71)46-37-39-68-62(41-46)49-20-12-15-32-64(49)78-68)47-42-63(76-59-30-14-17-34-66(59)80-70(76)43-47)74-56-27-10-8-25-54(56)73(55-26-9-11-28-57(55)74)60-31-18-35-69-75(60)58-29-13-16-33-65(58)79-69/h3-43H,1H2,2H3/b48-19-. The summed E-state index contributed by atoms with van der Waals surface area (Å²) in [4.78, 5) is 0. The predicted octanol–water partition coefficient (Wildman–Crippen LogP) is 22.3. The fraction of sp³-hybridized carbons (Fsp3) is 0.0130. The number of para-hydroxylation sites is 3. The highest BCUT2D eigenvalue weighted by atomic mass is 16.3. The smallest absolute Gasteiger partial charge is 0.138 e. The fourth-order valence-electron chi connectivity index (χ4n) is 13.6. The first-order valence-corrected chi connectivity index (χ1v) is 27.6. The van der Waals surface area contributed by atoms with Gasteiger partial charge in [-0.05, 0) is 161 Å². The van der Waals surface area contributed by atoms with Gasteiger partial charge >= 0.3 is 0 Å². The number of rotatable bonds is 7. The maximum absolute atomic E-state index is 7.09. The van der Waals surface area contributed by atoms with Crippen LogP contribution in [0.4, 0.5) is 0 Å². The average Bonchev–Trinajstić information content (AvgIpc) is 4.46. The van der Waals surface area contributed by atoms with E-state index in [-0.39, 0.29) is 0 Å². The number of fused-ring (bicyclic) bond motifs is 14. The number of benzene rings is 13. The van der Waals surface area contributed by atoms with Crippen molar-refractivity contribution < 1.29 is 17.7 Å². The van der Waals surface area contributed by atoms with E-state index in [0.717, 1.165) is 149 Å². The van der Waals surface area contributed by atoms with Gasteiger partial charge in [0, 0.05) is 48.8 Å². The first-order valence-electron chi connectivity index (χ1n) is 27.6. The Morgan fingerprint density at radius 2 is 0.704 bits per heavy atom. The van der Waals surface area contributed by atoms with Gasteiger partial charge in [-0.2, -0.15) is 0 Å². The van der Waals surface area contributed by atoms with Crippen LogP contribution < -0.4 is 0 Å². The van der Waals surface area contributed by atoms with Crippen LogP contribution in [0.2, 0.25) is 0 Å². The van der Waals surface area contributed by atoms with E-state index < -0.39 is 0 Å². The third kappa shape index (κ3) is 6.65. The quantitative estimate of drug-likeness (QED) is 0.118. The first-order chi connectivity index (χ1) is 40.1. The Morgan fingerprint density at radius 3 is 1.25 bits per heavy atom. The number of hydrogen-bond acceptors (Lipinski definition) is 4. The van der Waals surface area contributed by atoms with Crippen LogP contribution in [0, 0.1) is 6.92 Å². The highest BCUT2D eigenvalue weighted by molar-refractivity contribution is 6.29. The number of furan rings is 4. The van der Waals surface area contributed by atoms with Crippen molar-refractivity contribution >= 4 is 125 Å². The minimum Gasteiger partial charge on any atom is -0.456 e.